The number of likely N-dealkylation sites (tertiary alicyclic amines) is 1. The number of rotatable bonds is 6. The molecule has 4 amide bonds. The van der Waals surface area contributed by atoms with Gasteiger partial charge in [-0.15, -0.1) is 0 Å². The van der Waals surface area contributed by atoms with Crippen LogP contribution in [0.1, 0.15) is 44.1 Å². The third-order valence-electron chi connectivity index (χ3n) is 10.5. The second-order valence-corrected chi connectivity index (χ2v) is 13.2. The number of anilines is 1. The lowest BCUT2D eigenvalue weighted by atomic mass is 9.51. The molecular weight excluding hydrogens is 615 g/mol. The van der Waals surface area contributed by atoms with Gasteiger partial charge in [-0.05, 0) is 67.1 Å². The number of halogens is 2. The molecule has 2 aliphatic carbocycles. The van der Waals surface area contributed by atoms with Gasteiger partial charge in [0.25, 0.3) is 0 Å². The van der Waals surface area contributed by atoms with Gasteiger partial charge in [-0.3, -0.25) is 28.9 Å². The minimum absolute atomic E-state index is 0.0236. The molecular formula is C35H30ClFN2O7. The van der Waals surface area contributed by atoms with Crippen LogP contribution in [0.4, 0.5) is 10.1 Å². The minimum atomic E-state index is -1.42. The monoisotopic (exact) mass is 644 g/mol. The molecule has 3 aromatic carbocycles. The number of benzene rings is 3. The predicted molar refractivity (Wildman–Crippen MR) is 165 cm³/mol. The molecule has 6 atom stereocenters. The normalized spacial score (nSPS) is 28.8. The molecule has 9 nitrogen and oxygen atoms in total. The molecule has 0 radical (unpaired) electrons. The number of phenols is 1. The molecule has 2 saturated heterocycles. The van der Waals surface area contributed by atoms with Crippen LogP contribution in [0.3, 0.4) is 0 Å². The first-order valence-corrected chi connectivity index (χ1v) is 15.6. The van der Waals surface area contributed by atoms with E-state index < -0.39 is 64.5 Å². The Morgan fingerprint density at radius 2 is 1.78 bits per heavy atom. The zero-order valence-corrected chi connectivity index (χ0v) is 25.5. The maximum atomic E-state index is 14.6. The summed E-state index contributed by atoms with van der Waals surface area (Å²) in [5, 5.41) is 21.8. The number of carboxylic acids is 1. The summed E-state index contributed by atoms with van der Waals surface area (Å²) in [5.74, 6) is -7.53. The Hall–Kier alpha value is -4.57. The molecule has 3 aromatic rings. The van der Waals surface area contributed by atoms with Gasteiger partial charge in [0.1, 0.15) is 11.6 Å². The quantitative estimate of drug-likeness (QED) is 0.270. The van der Waals surface area contributed by atoms with Crippen LogP contribution < -0.4 is 4.90 Å². The van der Waals surface area contributed by atoms with Crippen molar-refractivity contribution in [3.8, 4) is 5.75 Å². The predicted octanol–water partition coefficient (Wildman–Crippen LogP) is 5.43. The molecule has 236 valence electrons. The van der Waals surface area contributed by atoms with Crippen LogP contribution in [0, 0.1) is 34.9 Å². The largest absolute Gasteiger partial charge is 0.508 e. The average molecular weight is 645 g/mol. The number of carboxylic acid groups (broad SMARTS) is 1. The third kappa shape index (κ3) is 4.22. The van der Waals surface area contributed by atoms with E-state index in [0.717, 1.165) is 21.3 Å². The van der Waals surface area contributed by atoms with E-state index in [1.165, 1.54) is 12.1 Å². The Kier molecular flexibility index (Phi) is 7.04. The molecule has 0 aromatic heterocycles. The minimum Gasteiger partial charge on any atom is -0.508 e. The zero-order valence-electron chi connectivity index (χ0n) is 24.8. The summed E-state index contributed by atoms with van der Waals surface area (Å²) in [6.07, 6.45) is 2.14. The molecule has 2 aliphatic heterocycles. The Bertz CT molecular complexity index is 1910. The van der Waals surface area contributed by atoms with Crippen molar-refractivity contribution in [2.24, 2.45) is 29.1 Å². The van der Waals surface area contributed by atoms with Crippen LogP contribution in [-0.4, -0.2) is 51.3 Å². The van der Waals surface area contributed by atoms with Crippen molar-refractivity contribution < 1.29 is 38.6 Å². The van der Waals surface area contributed by atoms with Crippen molar-refractivity contribution in [2.45, 2.75) is 38.5 Å². The number of hydrogen-bond acceptors (Lipinski definition) is 6. The van der Waals surface area contributed by atoms with Crippen LogP contribution in [0.5, 0.6) is 5.75 Å². The topological polar surface area (TPSA) is 132 Å². The van der Waals surface area contributed by atoms with E-state index in [-0.39, 0.29) is 54.6 Å². The van der Waals surface area contributed by atoms with Gasteiger partial charge in [0.2, 0.25) is 23.6 Å². The number of aliphatic carboxylic acids is 1. The standard InChI is InChI=1S/C35H30ClFN2O7/c1-35-23(32(44)39(34(35)46)18-9-12-25(37)24(36)15-18)16-22-20(30(35)29-19-6-3-2-5-17(19)8-13-26(29)40)10-11-21-28(22)33(45)38(31(21)43)14-4-7-27(41)42/h2-3,5-6,8-10,12-13,15,21-23,28,30,40H,4,7,11,14,16H2,1H3,(H,41,42)/t21-,22+,23-,28-,30+,35+/m0/s1. The Morgan fingerprint density at radius 3 is 2.52 bits per heavy atom. The van der Waals surface area contributed by atoms with Gasteiger partial charge in [-0.2, -0.15) is 0 Å². The fourth-order valence-electron chi connectivity index (χ4n) is 8.45. The number of allylic oxidation sites excluding steroid dienone is 2. The first-order valence-electron chi connectivity index (χ1n) is 15.3. The van der Waals surface area contributed by atoms with E-state index in [1.807, 2.05) is 30.3 Å². The first kappa shape index (κ1) is 30.1. The maximum Gasteiger partial charge on any atom is 0.303 e. The molecule has 1 saturated carbocycles. The summed E-state index contributed by atoms with van der Waals surface area (Å²) in [4.78, 5) is 69.7. The van der Waals surface area contributed by atoms with Crippen molar-refractivity contribution in [3.05, 3.63) is 82.6 Å². The summed E-state index contributed by atoms with van der Waals surface area (Å²) < 4.78 is 14.1. The molecule has 2 N–H and O–H groups in total. The molecule has 0 bridgehead atoms. The van der Waals surface area contributed by atoms with Crippen molar-refractivity contribution >= 4 is 57.7 Å². The number of aromatic hydroxyl groups is 1. The lowest BCUT2D eigenvalue weighted by Crippen LogP contribution is -2.49. The van der Waals surface area contributed by atoms with E-state index in [9.17, 15) is 33.5 Å². The van der Waals surface area contributed by atoms with Crippen molar-refractivity contribution in [3.63, 3.8) is 0 Å². The van der Waals surface area contributed by atoms with E-state index in [0.29, 0.717) is 16.5 Å². The first-order chi connectivity index (χ1) is 21.9. The highest BCUT2D eigenvalue weighted by Crippen LogP contribution is 2.65. The number of fused-ring (bicyclic) bond motifs is 5. The highest BCUT2D eigenvalue weighted by molar-refractivity contribution is 6.31. The second-order valence-electron chi connectivity index (χ2n) is 12.8. The van der Waals surface area contributed by atoms with Gasteiger partial charge in [0, 0.05) is 24.4 Å². The van der Waals surface area contributed by atoms with Crippen LogP contribution in [0.25, 0.3) is 10.8 Å². The van der Waals surface area contributed by atoms with Crippen molar-refractivity contribution in [2.75, 3.05) is 11.4 Å². The molecule has 0 unspecified atom stereocenters. The number of carbonyl (C=O) groups is 5. The molecule has 46 heavy (non-hydrogen) atoms. The lowest BCUT2D eigenvalue weighted by molar-refractivity contribution is -0.142. The van der Waals surface area contributed by atoms with Crippen LogP contribution in [0.2, 0.25) is 5.02 Å². The number of amides is 4. The van der Waals surface area contributed by atoms with Gasteiger partial charge in [-0.25, -0.2) is 9.29 Å². The van der Waals surface area contributed by atoms with Gasteiger partial charge in [-0.1, -0.05) is 53.6 Å². The number of nitrogens with zero attached hydrogens (tertiary/aromatic N) is 2. The summed E-state index contributed by atoms with van der Waals surface area (Å²) in [7, 11) is 0. The van der Waals surface area contributed by atoms with Gasteiger partial charge < -0.3 is 10.2 Å². The summed E-state index contributed by atoms with van der Waals surface area (Å²) in [6, 6.07) is 14.4. The molecule has 0 spiro atoms. The molecule has 11 heteroatoms. The second kappa shape index (κ2) is 10.8. The SMILES string of the molecule is C[C@@]12C(=O)N(c3ccc(F)c(Cl)c3)C(=O)[C@@H]1C[C@@H]1C(=CC[C@@H]3C(=O)N(CCCC(=O)O)C(=O)[C@@H]31)[C@@H]2c1c(O)ccc2ccccc12. The van der Waals surface area contributed by atoms with Crippen LogP contribution in [0.15, 0.2) is 66.2 Å². The summed E-state index contributed by atoms with van der Waals surface area (Å²) in [6.45, 7) is 1.68. The van der Waals surface area contributed by atoms with Crippen LogP contribution in [-0.2, 0) is 24.0 Å². The maximum absolute atomic E-state index is 14.6. The fourth-order valence-corrected chi connectivity index (χ4v) is 8.63. The van der Waals surface area contributed by atoms with E-state index >= 15 is 0 Å². The van der Waals surface area contributed by atoms with Crippen LogP contribution >= 0.6 is 11.6 Å². The average Bonchev–Trinajstić information content (AvgIpc) is 3.38. The summed E-state index contributed by atoms with van der Waals surface area (Å²) >= 11 is 6.07. The van der Waals surface area contributed by atoms with Crippen molar-refractivity contribution in [1.29, 1.82) is 0 Å². The molecule has 3 fully saturated rings. The van der Waals surface area contributed by atoms with Gasteiger partial charge in [0.05, 0.1) is 33.9 Å². The number of carbonyl (C=O) groups excluding carboxylic acids is 4. The van der Waals surface area contributed by atoms with E-state index in [2.05, 4.69) is 0 Å². The number of imide groups is 2. The highest BCUT2D eigenvalue weighted by Gasteiger charge is 2.68. The summed E-state index contributed by atoms with van der Waals surface area (Å²) in [5.41, 5.74) is -0.137. The van der Waals surface area contributed by atoms with E-state index in [1.54, 1.807) is 19.1 Å². The zero-order chi connectivity index (χ0) is 32.7. The Labute approximate surface area is 268 Å². The number of hydrogen-bond donors (Lipinski definition) is 2. The van der Waals surface area contributed by atoms with Gasteiger partial charge in [0.15, 0.2) is 0 Å². The van der Waals surface area contributed by atoms with Gasteiger partial charge >= 0.3 is 5.97 Å². The molecule has 2 heterocycles. The lowest BCUT2D eigenvalue weighted by Gasteiger charge is -2.49. The van der Waals surface area contributed by atoms with E-state index in [4.69, 9.17) is 16.7 Å². The smallest absolute Gasteiger partial charge is 0.303 e. The van der Waals surface area contributed by atoms with Crippen molar-refractivity contribution in [1.82, 2.24) is 4.90 Å². The fraction of sp³-hybridized carbons (Fsp3) is 0.343. The molecule has 7 rings (SSSR count). The third-order valence-corrected chi connectivity index (χ3v) is 10.8. The Morgan fingerprint density at radius 1 is 1.02 bits per heavy atom. The highest BCUT2D eigenvalue weighted by atomic mass is 35.5. The Balaban J connectivity index is 1.39. The molecule has 4 aliphatic rings. The number of phenolic OH excluding ortho intramolecular Hbond substituents is 1.